The molecule has 1 fully saturated rings. The van der Waals surface area contributed by atoms with Gasteiger partial charge in [0.05, 0.1) is 4.90 Å². The van der Waals surface area contributed by atoms with Crippen molar-refractivity contribution >= 4 is 22.4 Å². The molecule has 1 N–H and O–H groups in total. The molecule has 1 saturated heterocycles. The molecule has 1 aromatic rings. The second-order valence-corrected chi connectivity index (χ2v) is 7.81. The summed E-state index contributed by atoms with van der Waals surface area (Å²) < 4.78 is 32.7. The van der Waals surface area contributed by atoms with Crippen molar-refractivity contribution in [2.24, 2.45) is 0 Å². The van der Waals surface area contributed by atoms with E-state index < -0.39 is 10.0 Å². The molecule has 3 rings (SSSR count). The number of halogens is 1. The molecule has 1 aromatic carbocycles. The molecule has 2 heterocycles. The van der Waals surface area contributed by atoms with E-state index in [0.29, 0.717) is 24.0 Å². The first-order valence-electron chi connectivity index (χ1n) is 7.47. The minimum atomic E-state index is -3.38. The topological polar surface area (TPSA) is 58.6 Å². The van der Waals surface area contributed by atoms with Crippen molar-refractivity contribution in [2.75, 3.05) is 20.1 Å². The summed E-state index contributed by atoms with van der Waals surface area (Å²) in [5, 5.41) is 3.22. The van der Waals surface area contributed by atoms with Crippen LogP contribution in [0.25, 0.3) is 0 Å². The van der Waals surface area contributed by atoms with E-state index in [-0.39, 0.29) is 18.5 Å². The molecular formula is C15H23ClN2O3S. The number of nitrogens with one attached hydrogen (secondary N) is 1. The van der Waals surface area contributed by atoms with Gasteiger partial charge in [0, 0.05) is 25.6 Å². The van der Waals surface area contributed by atoms with Crippen molar-refractivity contribution in [3.05, 3.63) is 23.8 Å². The lowest BCUT2D eigenvalue weighted by Gasteiger charge is -2.31. The zero-order valence-electron chi connectivity index (χ0n) is 12.9. The lowest BCUT2D eigenvalue weighted by atomic mass is 10.1. The number of benzene rings is 1. The molecule has 7 heteroatoms. The van der Waals surface area contributed by atoms with Crippen LogP contribution >= 0.6 is 12.4 Å². The number of hydrogen-bond donors (Lipinski definition) is 1. The highest BCUT2D eigenvalue weighted by Gasteiger charge is 2.30. The highest BCUT2D eigenvalue weighted by molar-refractivity contribution is 7.89. The van der Waals surface area contributed by atoms with Crippen molar-refractivity contribution in [1.82, 2.24) is 9.62 Å². The number of rotatable bonds is 3. The van der Waals surface area contributed by atoms with Crippen LogP contribution in [-0.2, 0) is 16.4 Å². The van der Waals surface area contributed by atoms with Crippen molar-refractivity contribution < 1.29 is 13.2 Å². The Labute approximate surface area is 138 Å². The summed E-state index contributed by atoms with van der Waals surface area (Å²) >= 11 is 0. The number of fused-ring (bicyclic) bond motifs is 1. The fraction of sp³-hybridized carbons (Fsp3) is 0.600. The maximum Gasteiger partial charge on any atom is 0.243 e. The summed E-state index contributed by atoms with van der Waals surface area (Å²) in [5.41, 5.74) is 0.994. The molecule has 22 heavy (non-hydrogen) atoms. The fourth-order valence-electron chi connectivity index (χ4n) is 3.09. The van der Waals surface area contributed by atoms with Crippen molar-refractivity contribution in [1.29, 1.82) is 0 Å². The average Bonchev–Trinajstić information content (AvgIpc) is 2.86. The first-order valence-corrected chi connectivity index (χ1v) is 8.91. The lowest BCUT2D eigenvalue weighted by molar-refractivity contribution is 0.254. The first-order chi connectivity index (χ1) is 10.0. The summed E-state index contributed by atoms with van der Waals surface area (Å²) in [6, 6.07) is 5.64. The number of hydrogen-bond acceptors (Lipinski definition) is 4. The van der Waals surface area contributed by atoms with E-state index in [1.54, 1.807) is 22.5 Å². The Hall–Kier alpha value is -0.820. The molecule has 1 atom stereocenters. The molecule has 0 aliphatic carbocycles. The zero-order valence-corrected chi connectivity index (χ0v) is 14.5. The maximum atomic E-state index is 12.7. The SMILES string of the molecule is CNC1CCN(S(=O)(=O)c2ccc3c(c2)CC(C)O3)CC1.Cl. The highest BCUT2D eigenvalue weighted by Crippen LogP contribution is 2.32. The van der Waals surface area contributed by atoms with Gasteiger partial charge >= 0.3 is 0 Å². The average molecular weight is 347 g/mol. The second-order valence-electron chi connectivity index (χ2n) is 5.87. The molecule has 0 spiro atoms. The smallest absolute Gasteiger partial charge is 0.243 e. The Morgan fingerprint density at radius 1 is 1.27 bits per heavy atom. The van der Waals surface area contributed by atoms with Crippen LogP contribution in [0.5, 0.6) is 5.75 Å². The van der Waals surface area contributed by atoms with Gasteiger partial charge in [-0.1, -0.05) is 0 Å². The summed E-state index contributed by atoms with van der Waals surface area (Å²) in [5.74, 6) is 0.815. The molecular weight excluding hydrogens is 324 g/mol. The third kappa shape index (κ3) is 3.25. The summed E-state index contributed by atoms with van der Waals surface area (Å²) in [4.78, 5) is 0.391. The van der Waals surface area contributed by atoms with Crippen LogP contribution in [0, 0.1) is 0 Å². The molecule has 0 amide bonds. The molecule has 124 valence electrons. The van der Waals surface area contributed by atoms with Gasteiger partial charge in [-0.25, -0.2) is 8.42 Å². The van der Waals surface area contributed by atoms with Crippen LogP contribution in [0.3, 0.4) is 0 Å². The monoisotopic (exact) mass is 346 g/mol. The van der Waals surface area contributed by atoms with Crippen molar-refractivity contribution in [2.45, 2.75) is 43.2 Å². The highest BCUT2D eigenvalue weighted by atomic mass is 35.5. The minimum absolute atomic E-state index is 0. The van der Waals surface area contributed by atoms with Crippen LogP contribution in [-0.4, -0.2) is 45.0 Å². The number of nitrogens with zero attached hydrogens (tertiary/aromatic N) is 1. The maximum absolute atomic E-state index is 12.7. The zero-order chi connectivity index (χ0) is 15.0. The van der Waals surface area contributed by atoms with Gasteiger partial charge in [0.25, 0.3) is 0 Å². The molecule has 2 aliphatic rings. The first kappa shape index (κ1) is 17.5. The Balaban J connectivity index is 0.00000176. The standard InChI is InChI=1S/C15H22N2O3S.ClH/c1-11-9-12-10-14(3-4-15(12)20-11)21(18,19)17-7-5-13(16-2)6-8-17;/h3-4,10-11,13,16H,5-9H2,1-2H3;1H. The predicted molar refractivity (Wildman–Crippen MR) is 88.3 cm³/mol. The van der Waals surface area contributed by atoms with Gasteiger partial charge in [-0.05, 0) is 50.6 Å². The van der Waals surface area contributed by atoms with Gasteiger partial charge < -0.3 is 10.1 Å². The van der Waals surface area contributed by atoms with Crippen LogP contribution in [0.4, 0.5) is 0 Å². The van der Waals surface area contributed by atoms with Crippen molar-refractivity contribution in [3.63, 3.8) is 0 Å². The Morgan fingerprint density at radius 2 is 1.95 bits per heavy atom. The largest absolute Gasteiger partial charge is 0.490 e. The van der Waals surface area contributed by atoms with Crippen LogP contribution in [0.2, 0.25) is 0 Å². The third-order valence-electron chi connectivity index (χ3n) is 4.37. The molecule has 0 radical (unpaired) electrons. The summed E-state index contributed by atoms with van der Waals surface area (Å²) in [6.45, 7) is 3.16. The third-order valence-corrected chi connectivity index (χ3v) is 6.26. The lowest BCUT2D eigenvalue weighted by Crippen LogP contribution is -2.43. The quantitative estimate of drug-likeness (QED) is 0.906. The van der Waals surface area contributed by atoms with Gasteiger partial charge in [-0.2, -0.15) is 4.31 Å². The molecule has 2 aliphatic heterocycles. The molecule has 0 bridgehead atoms. The van der Waals surface area contributed by atoms with E-state index >= 15 is 0 Å². The minimum Gasteiger partial charge on any atom is -0.490 e. The van der Waals surface area contributed by atoms with Crippen LogP contribution < -0.4 is 10.1 Å². The normalized spacial score (nSPS) is 22.7. The van der Waals surface area contributed by atoms with Gasteiger partial charge in [-0.3, -0.25) is 0 Å². The van der Waals surface area contributed by atoms with E-state index in [2.05, 4.69) is 5.32 Å². The van der Waals surface area contributed by atoms with E-state index in [1.165, 1.54) is 0 Å². The number of ether oxygens (including phenoxy) is 1. The number of piperidine rings is 1. The molecule has 0 aromatic heterocycles. The Kier molecular flexibility index (Phi) is 5.37. The van der Waals surface area contributed by atoms with Crippen LogP contribution in [0.15, 0.2) is 23.1 Å². The predicted octanol–water partition coefficient (Wildman–Crippen LogP) is 1.80. The molecule has 1 unspecified atom stereocenters. The van der Waals surface area contributed by atoms with E-state index in [1.807, 2.05) is 14.0 Å². The van der Waals surface area contributed by atoms with Gasteiger partial charge in [0.2, 0.25) is 10.0 Å². The van der Waals surface area contributed by atoms with Gasteiger partial charge in [0.1, 0.15) is 11.9 Å². The number of sulfonamides is 1. The summed E-state index contributed by atoms with van der Waals surface area (Å²) in [7, 11) is -1.46. The van der Waals surface area contributed by atoms with E-state index in [9.17, 15) is 8.42 Å². The van der Waals surface area contributed by atoms with Crippen LogP contribution in [0.1, 0.15) is 25.3 Å². The van der Waals surface area contributed by atoms with Gasteiger partial charge in [0.15, 0.2) is 0 Å². The Morgan fingerprint density at radius 3 is 2.59 bits per heavy atom. The molecule has 0 saturated carbocycles. The summed E-state index contributed by atoms with van der Waals surface area (Å²) in [6.07, 6.45) is 2.63. The second kappa shape index (κ2) is 6.74. The van der Waals surface area contributed by atoms with E-state index in [0.717, 1.165) is 30.6 Å². The molecule has 5 nitrogen and oxygen atoms in total. The van der Waals surface area contributed by atoms with E-state index in [4.69, 9.17) is 4.74 Å². The Bertz CT molecular complexity index is 628. The van der Waals surface area contributed by atoms with Crippen molar-refractivity contribution in [3.8, 4) is 5.75 Å². The van der Waals surface area contributed by atoms with Gasteiger partial charge in [-0.15, -0.1) is 12.4 Å². The fourth-order valence-corrected chi connectivity index (χ4v) is 4.61.